The van der Waals surface area contributed by atoms with Crippen LogP contribution in [-0.4, -0.2) is 30.5 Å². The van der Waals surface area contributed by atoms with E-state index in [0.717, 1.165) is 12.8 Å². The van der Waals surface area contributed by atoms with E-state index in [2.05, 4.69) is 10.6 Å². The number of rotatable bonds is 6. The first-order chi connectivity index (χ1) is 9.10. The van der Waals surface area contributed by atoms with Gasteiger partial charge >= 0.3 is 0 Å². The van der Waals surface area contributed by atoms with E-state index < -0.39 is 4.92 Å². The summed E-state index contributed by atoms with van der Waals surface area (Å²) in [6.45, 7) is 0.00447. The number of hydrogen-bond acceptors (Lipinski definition) is 5. The van der Waals surface area contributed by atoms with Crippen molar-refractivity contribution in [1.29, 1.82) is 0 Å². The Morgan fingerprint density at radius 2 is 2.26 bits per heavy atom. The third kappa shape index (κ3) is 3.57. The molecule has 1 fully saturated rings. The van der Waals surface area contributed by atoms with Crippen LogP contribution in [0.2, 0.25) is 0 Å². The Morgan fingerprint density at radius 3 is 2.84 bits per heavy atom. The molecular weight excluding hydrogens is 250 g/mol. The number of amides is 1. The fraction of sp³-hybridized carbons (Fsp3) is 0.417. The van der Waals surface area contributed by atoms with Gasteiger partial charge in [-0.25, -0.2) is 0 Å². The van der Waals surface area contributed by atoms with Crippen molar-refractivity contribution in [1.82, 2.24) is 5.32 Å². The lowest BCUT2D eigenvalue weighted by molar-refractivity contribution is -0.384. The van der Waals surface area contributed by atoms with Gasteiger partial charge in [0.1, 0.15) is 11.4 Å². The van der Waals surface area contributed by atoms with Gasteiger partial charge in [0.05, 0.1) is 18.6 Å². The summed E-state index contributed by atoms with van der Waals surface area (Å²) in [5.74, 6) is 0.329. The maximum atomic E-state index is 11.5. The van der Waals surface area contributed by atoms with Crippen molar-refractivity contribution < 1.29 is 14.5 Å². The zero-order valence-corrected chi connectivity index (χ0v) is 10.5. The SMILES string of the molecule is COc1ccc([N+](=O)[O-])c(NCC(=O)NC2CC2)c1. The molecule has 0 aliphatic heterocycles. The largest absolute Gasteiger partial charge is 0.497 e. The van der Waals surface area contributed by atoms with Crippen LogP contribution in [0.25, 0.3) is 0 Å². The molecule has 1 aliphatic rings. The zero-order chi connectivity index (χ0) is 13.8. The van der Waals surface area contributed by atoms with Crippen LogP contribution in [0, 0.1) is 10.1 Å². The Hall–Kier alpha value is -2.31. The number of methoxy groups -OCH3 is 1. The Bertz CT molecular complexity index is 500. The van der Waals surface area contributed by atoms with Gasteiger partial charge < -0.3 is 15.4 Å². The van der Waals surface area contributed by atoms with E-state index in [4.69, 9.17) is 4.74 Å². The maximum absolute atomic E-state index is 11.5. The summed E-state index contributed by atoms with van der Waals surface area (Å²) in [5, 5.41) is 16.4. The molecular formula is C12H15N3O4. The number of hydrogen-bond donors (Lipinski definition) is 2. The van der Waals surface area contributed by atoms with Crippen molar-refractivity contribution in [2.24, 2.45) is 0 Å². The number of nitro groups is 1. The molecule has 0 atom stereocenters. The molecule has 102 valence electrons. The first-order valence-corrected chi connectivity index (χ1v) is 5.96. The van der Waals surface area contributed by atoms with Crippen LogP contribution >= 0.6 is 0 Å². The molecule has 0 aromatic heterocycles. The van der Waals surface area contributed by atoms with Gasteiger partial charge in [-0.05, 0) is 18.9 Å². The van der Waals surface area contributed by atoms with Gasteiger partial charge in [0.2, 0.25) is 5.91 Å². The Morgan fingerprint density at radius 1 is 1.53 bits per heavy atom. The molecule has 7 heteroatoms. The quantitative estimate of drug-likeness (QED) is 0.597. The molecule has 0 saturated heterocycles. The highest BCUT2D eigenvalue weighted by Gasteiger charge is 2.23. The number of ether oxygens (including phenoxy) is 1. The lowest BCUT2D eigenvalue weighted by Crippen LogP contribution is -2.31. The Labute approximate surface area is 110 Å². The molecule has 0 radical (unpaired) electrons. The van der Waals surface area contributed by atoms with Gasteiger partial charge in [-0.3, -0.25) is 14.9 Å². The first-order valence-electron chi connectivity index (χ1n) is 5.96. The second kappa shape index (κ2) is 5.55. The highest BCUT2D eigenvalue weighted by Crippen LogP contribution is 2.28. The van der Waals surface area contributed by atoms with Crippen molar-refractivity contribution in [2.75, 3.05) is 19.0 Å². The van der Waals surface area contributed by atoms with Crippen molar-refractivity contribution in [3.05, 3.63) is 28.3 Å². The van der Waals surface area contributed by atoms with E-state index in [0.29, 0.717) is 5.75 Å². The van der Waals surface area contributed by atoms with Gasteiger partial charge in [-0.1, -0.05) is 0 Å². The number of nitrogens with zero attached hydrogens (tertiary/aromatic N) is 1. The fourth-order valence-corrected chi connectivity index (χ4v) is 1.62. The summed E-state index contributed by atoms with van der Waals surface area (Å²) in [4.78, 5) is 21.9. The molecule has 2 N–H and O–H groups in total. The van der Waals surface area contributed by atoms with Crippen LogP contribution < -0.4 is 15.4 Å². The third-order valence-corrected chi connectivity index (χ3v) is 2.78. The van der Waals surface area contributed by atoms with Crippen molar-refractivity contribution in [3.8, 4) is 5.75 Å². The molecule has 19 heavy (non-hydrogen) atoms. The second-order valence-corrected chi connectivity index (χ2v) is 4.34. The summed E-state index contributed by atoms with van der Waals surface area (Å²) in [7, 11) is 1.48. The van der Waals surface area contributed by atoms with E-state index in [1.54, 1.807) is 0 Å². The average molecular weight is 265 g/mol. The van der Waals surface area contributed by atoms with Gasteiger partial charge in [-0.15, -0.1) is 0 Å². The summed E-state index contributed by atoms with van der Waals surface area (Å²) in [5.41, 5.74) is 0.190. The van der Waals surface area contributed by atoms with E-state index in [1.165, 1.54) is 25.3 Å². The third-order valence-electron chi connectivity index (χ3n) is 2.78. The predicted octanol–water partition coefficient (Wildman–Crippen LogP) is 1.29. The number of carbonyl (C=O) groups is 1. The molecule has 0 spiro atoms. The van der Waals surface area contributed by atoms with Crippen LogP contribution in [0.3, 0.4) is 0 Å². The van der Waals surface area contributed by atoms with Crippen LogP contribution in [0.1, 0.15) is 12.8 Å². The van der Waals surface area contributed by atoms with Crippen molar-refractivity contribution in [2.45, 2.75) is 18.9 Å². The van der Waals surface area contributed by atoms with E-state index in [9.17, 15) is 14.9 Å². The Balaban J connectivity index is 2.03. The minimum Gasteiger partial charge on any atom is -0.497 e. The van der Waals surface area contributed by atoms with Gasteiger partial charge in [0.15, 0.2) is 0 Å². The van der Waals surface area contributed by atoms with Gasteiger partial charge in [-0.2, -0.15) is 0 Å². The molecule has 1 saturated carbocycles. The minimum absolute atomic E-state index is 0.00447. The summed E-state index contributed by atoms with van der Waals surface area (Å²) >= 11 is 0. The van der Waals surface area contributed by atoms with E-state index in [1.807, 2.05) is 0 Å². The molecule has 0 heterocycles. The number of benzene rings is 1. The predicted molar refractivity (Wildman–Crippen MR) is 69.3 cm³/mol. The molecule has 2 rings (SSSR count). The number of anilines is 1. The van der Waals surface area contributed by atoms with Crippen LogP contribution in [0.4, 0.5) is 11.4 Å². The summed E-state index contributed by atoms with van der Waals surface area (Å²) in [6.07, 6.45) is 2.01. The number of carbonyl (C=O) groups excluding carboxylic acids is 1. The monoisotopic (exact) mass is 265 g/mol. The van der Waals surface area contributed by atoms with Crippen LogP contribution in [0.15, 0.2) is 18.2 Å². The van der Waals surface area contributed by atoms with Crippen molar-refractivity contribution >= 4 is 17.3 Å². The molecule has 1 aliphatic carbocycles. The van der Waals surface area contributed by atoms with Crippen LogP contribution in [-0.2, 0) is 4.79 Å². The Kier molecular flexibility index (Phi) is 3.84. The standard InChI is InChI=1S/C12H15N3O4/c1-19-9-4-5-11(15(17)18)10(6-9)13-7-12(16)14-8-2-3-8/h4-6,8,13H,2-3,7H2,1H3,(H,14,16). The maximum Gasteiger partial charge on any atom is 0.292 e. The number of nitro benzene ring substituents is 1. The molecule has 0 unspecified atom stereocenters. The average Bonchev–Trinajstić information content (AvgIpc) is 3.19. The van der Waals surface area contributed by atoms with E-state index in [-0.39, 0.29) is 29.9 Å². The molecule has 0 bridgehead atoms. The summed E-state index contributed by atoms with van der Waals surface area (Å²) in [6, 6.07) is 4.63. The lowest BCUT2D eigenvalue weighted by Gasteiger charge is -2.09. The zero-order valence-electron chi connectivity index (χ0n) is 10.5. The summed E-state index contributed by atoms with van der Waals surface area (Å²) < 4.78 is 5.01. The smallest absolute Gasteiger partial charge is 0.292 e. The van der Waals surface area contributed by atoms with E-state index >= 15 is 0 Å². The topological polar surface area (TPSA) is 93.5 Å². The fourth-order valence-electron chi connectivity index (χ4n) is 1.62. The highest BCUT2D eigenvalue weighted by molar-refractivity contribution is 5.82. The molecule has 1 amide bonds. The van der Waals surface area contributed by atoms with Gasteiger partial charge in [0.25, 0.3) is 5.69 Å². The minimum atomic E-state index is -0.499. The molecule has 7 nitrogen and oxygen atoms in total. The molecule has 1 aromatic carbocycles. The molecule has 1 aromatic rings. The first kappa shape index (κ1) is 13.1. The second-order valence-electron chi connectivity index (χ2n) is 4.34. The van der Waals surface area contributed by atoms with Crippen LogP contribution in [0.5, 0.6) is 5.75 Å². The highest BCUT2D eigenvalue weighted by atomic mass is 16.6. The van der Waals surface area contributed by atoms with Crippen molar-refractivity contribution in [3.63, 3.8) is 0 Å². The number of nitrogens with one attached hydrogen (secondary N) is 2. The normalized spacial score (nSPS) is 13.7. The van der Waals surface area contributed by atoms with Gasteiger partial charge in [0, 0.05) is 18.2 Å². The lowest BCUT2D eigenvalue weighted by atomic mass is 10.2.